The molecule has 2 rings (SSSR count). The van der Waals surface area contributed by atoms with Gasteiger partial charge in [-0.15, -0.1) is 0 Å². The SMILES string of the molecule is Cc1ccc(C2C(N)CCCCN2C(C)C)cc1Cl. The standard InChI is InChI=1S/C16H25ClN2/c1-11(2)19-9-5-4-6-15(18)16(19)13-8-7-12(3)14(17)10-13/h7-8,10-11,15-16H,4-6,9,18H2,1-3H3. The van der Waals surface area contributed by atoms with Gasteiger partial charge in [0.1, 0.15) is 0 Å². The van der Waals surface area contributed by atoms with Crippen molar-refractivity contribution >= 4 is 11.6 Å². The van der Waals surface area contributed by atoms with Crippen LogP contribution in [0.3, 0.4) is 0 Å². The molecule has 19 heavy (non-hydrogen) atoms. The first-order chi connectivity index (χ1) is 9.00. The Bertz CT molecular complexity index is 431. The number of hydrogen-bond acceptors (Lipinski definition) is 2. The van der Waals surface area contributed by atoms with Crippen LogP contribution >= 0.6 is 11.6 Å². The summed E-state index contributed by atoms with van der Waals surface area (Å²) in [6.07, 6.45) is 3.56. The molecule has 2 nitrogen and oxygen atoms in total. The van der Waals surface area contributed by atoms with Gasteiger partial charge in [0.2, 0.25) is 0 Å². The topological polar surface area (TPSA) is 29.3 Å². The molecule has 0 aromatic heterocycles. The van der Waals surface area contributed by atoms with Gasteiger partial charge in [-0.1, -0.05) is 30.2 Å². The summed E-state index contributed by atoms with van der Waals surface area (Å²) in [5.74, 6) is 0. The lowest BCUT2D eigenvalue weighted by Gasteiger charge is -2.37. The monoisotopic (exact) mass is 280 g/mol. The number of nitrogens with two attached hydrogens (primary N) is 1. The summed E-state index contributed by atoms with van der Waals surface area (Å²) in [5, 5.41) is 0.845. The number of nitrogens with zero attached hydrogens (tertiary/aromatic N) is 1. The molecule has 0 radical (unpaired) electrons. The zero-order valence-electron chi connectivity index (χ0n) is 12.2. The third-order valence-electron chi connectivity index (χ3n) is 4.17. The molecule has 106 valence electrons. The molecule has 0 spiro atoms. The highest BCUT2D eigenvalue weighted by Crippen LogP contribution is 2.32. The van der Waals surface area contributed by atoms with E-state index in [1.165, 1.54) is 18.4 Å². The van der Waals surface area contributed by atoms with Gasteiger partial charge < -0.3 is 5.73 Å². The fourth-order valence-electron chi connectivity index (χ4n) is 3.03. The van der Waals surface area contributed by atoms with Gasteiger partial charge >= 0.3 is 0 Å². The van der Waals surface area contributed by atoms with E-state index in [9.17, 15) is 0 Å². The van der Waals surface area contributed by atoms with Crippen LogP contribution in [0.4, 0.5) is 0 Å². The van der Waals surface area contributed by atoms with E-state index in [0.29, 0.717) is 12.1 Å². The Hall–Kier alpha value is -0.570. The molecule has 1 aliphatic rings. The summed E-state index contributed by atoms with van der Waals surface area (Å²) >= 11 is 6.29. The molecular weight excluding hydrogens is 256 g/mol. The van der Waals surface area contributed by atoms with Crippen LogP contribution in [0.25, 0.3) is 0 Å². The van der Waals surface area contributed by atoms with Crippen molar-refractivity contribution in [1.82, 2.24) is 4.90 Å². The molecule has 1 aliphatic heterocycles. The molecule has 1 aromatic rings. The molecular formula is C16H25ClN2. The Morgan fingerprint density at radius 1 is 1.32 bits per heavy atom. The highest BCUT2D eigenvalue weighted by molar-refractivity contribution is 6.31. The Kier molecular flexibility index (Phi) is 4.88. The van der Waals surface area contributed by atoms with Crippen LogP contribution in [0.1, 0.15) is 50.3 Å². The third-order valence-corrected chi connectivity index (χ3v) is 4.57. The van der Waals surface area contributed by atoms with Crippen LogP contribution in [-0.2, 0) is 0 Å². The molecule has 3 heteroatoms. The van der Waals surface area contributed by atoms with Gasteiger partial charge in [-0.25, -0.2) is 0 Å². The molecule has 2 N–H and O–H groups in total. The van der Waals surface area contributed by atoms with E-state index in [1.807, 2.05) is 6.92 Å². The van der Waals surface area contributed by atoms with Gasteiger partial charge in [-0.3, -0.25) is 4.90 Å². The van der Waals surface area contributed by atoms with Crippen molar-refractivity contribution in [1.29, 1.82) is 0 Å². The lowest BCUT2D eigenvalue weighted by Crippen LogP contribution is -2.43. The maximum Gasteiger partial charge on any atom is 0.0502 e. The second-order valence-corrected chi connectivity index (χ2v) is 6.35. The van der Waals surface area contributed by atoms with Crippen molar-refractivity contribution in [3.05, 3.63) is 34.3 Å². The van der Waals surface area contributed by atoms with Crippen LogP contribution in [0.15, 0.2) is 18.2 Å². The summed E-state index contributed by atoms with van der Waals surface area (Å²) in [6.45, 7) is 7.67. The highest BCUT2D eigenvalue weighted by atomic mass is 35.5. The van der Waals surface area contributed by atoms with E-state index in [0.717, 1.165) is 23.6 Å². The minimum absolute atomic E-state index is 0.198. The van der Waals surface area contributed by atoms with Crippen molar-refractivity contribution < 1.29 is 0 Å². The van der Waals surface area contributed by atoms with Crippen LogP contribution in [0, 0.1) is 6.92 Å². The zero-order valence-corrected chi connectivity index (χ0v) is 13.0. The number of benzene rings is 1. The van der Waals surface area contributed by atoms with Gasteiger partial charge in [-0.2, -0.15) is 0 Å². The van der Waals surface area contributed by atoms with Crippen LogP contribution in [-0.4, -0.2) is 23.5 Å². The molecule has 2 unspecified atom stereocenters. The molecule has 0 amide bonds. The average molecular weight is 281 g/mol. The molecule has 0 saturated carbocycles. The molecule has 1 heterocycles. The van der Waals surface area contributed by atoms with Crippen molar-refractivity contribution in [2.75, 3.05) is 6.54 Å². The maximum atomic E-state index is 6.44. The quantitative estimate of drug-likeness (QED) is 0.890. The maximum absolute atomic E-state index is 6.44. The van der Waals surface area contributed by atoms with E-state index in [2.05, 4.69) is 36.9 Å². The van der Waals surface area contributed by atoms with Gasteiger partial charge in [0.15, 0.2) is 0 Å². The third kappa shape index (κ3) is 3.31. The van der Waals surface area contributed by atoms with Crippen molar-refractivity contribution in [2.24, 2.45) is 5.73 Å². The van der Waals surface area contributed by atoms with E-state index >= 15 is 0 Å². The Balaban J connectivity index is 2.37. The van der Waals surface area contributed by atoms with Crippen molar-refractivity contribution in [3.63, 3.8) is 0 Å². The minimum atomic E-state index is 0.198. The smallest absolute Gasteiger partial charge is 0.0502 e. The second kappa shape index (κ2) is 6.25. The van der Waals surface area contributed by atoms with Crippen molar-refractivity contribution in [2.45, 2.75) is 58.2 Å². The predicted octanol–water partition coefficient (Wildman–Crippen LogP) is 3.91. The van der Waals surface area contributed by atoms with Crippen LogP contribution in [0.5, 0.6) is 0 Å². The van der Waals surface area contributed by atoms with E-state index < -0.39 is 0 Å². The fourth-order valence-corrected chi connectivity index (χ4v) is 3.22. The second-order valence-electron chi connectivity index (χ2n) is 5.94. The Morgan fingerprint density at radius 3 is 2.68 bits per heavy atom. The predicted molar refractivity (Wildman–Crippen MR) is 82.6 cm³/mol. The summed E-state index contributed by atoms with van der Waals surface area (Å²) in [5.41, 5.74) is 8.83. The van der Waals surface area contributed by atoms with Crippen LogP contribution < -0.4 is 5.73 Å². The first kappa shape index (κ1) is 14.8. The Morgan fingerprint density at radius 2 is 2.05 bits per heavy atom. The van der Waals surface area contributed by atoms with E-state index in [-0.39, 0.29) is 6.04 Å². The van der Waals surface area contributed by atoms with E-state index in [1.54, 1.807) is 0 Å². The first-order valence-corrected chi connectivity index (χ1v) is 7.66. The van der Waals surface area contributed by atoms with Gasteiger partial charge in [-0.05, 0) is 57.4 Å². The average Bonchev–Trinajstić information content (AvgIpc) is 2.55. The summed E-state index contributed by atoms with van der Waals surface area (Å²) in [7, 11) is 0. The minimum Gasteiger partial charge on any atom is -0.326 e. The largest absolute Gasteiger partial charge is 0.326 e. The normalized spacial score (nSPS) is 25.6. The fraction of sp³-hybridized carbons (Fsp3) is 0.625. The molecule has 1 fully saturated rings. The van der Waals surface area contributed by atoms with Crippen LogP contribution in [0.2, 0.25) is 5.02 Å². The highest BCUT2D eigenvalue weighted by Gasteiger charge is 2.30. The van der Waals surface area contributed by atoms with Gasteiger partial charge in [0, 0.05) is 17.1 Å². The molecule has 0 aliphatic carbocycles. The molecule has 1 aromatic carbocycles. The Labute approximate surface area is 121 Å². The number of aryl methyl sites for hydroxylation is 1. The van der Waals surface area contributed by atoms with Gasteiger partial charge in [0.05, 0.1) is 6.04 Å². The summed E-state index contributed by atoms with van der Waals surface area (Å²) in [6, 6.07) is 7.39. The number of hydrogen-bond donors (Lipinski definition) is 1. The van der Waals surface area contributed by atoms with Crippen molar-refractivity contribution in [3.8, 4) is 0 Å². The molecule has 1 saturated heterocycles. The summed E-state index contributed by atoms with van der Waals surface area (Å²) < 4.78 is 0. The first-order valence-electron chi connectivity index (χ1n) is 7.28. The number of likely N-dealkylation sites (tertiary alicyclic amines) is 1. The number of halogens is 1. The summed E-state index contributed by atoms with van der Waals surface area (Å²) in [4.78, 5) is 2.53. The zero-order chi connectivity index (χ0) is 14.0. The van der Waals surface area contributed by atoms with Gasteiger partial charge in [0.25, 0.3) is 0 Å². The molecule has 0 bridgehead atoms. The lowest BCUT2D eigenvalue weighted by molar-refractivity contribution is 0.144. The number of rotatable bonds is 2. The van der Waals surface area contributed by atoms with E-state index in [4.69, 9.17) is 17.3 Å². The molecule has 2 atom stereocenters. The lowest BCUT2D eigenvalue weighted by atomic mass is 9.95.